The van der Waals surface area contributed by atoms with Gasteiger partial charge in [-0.2, -0.15) is 5.10 Å². The molecule has 0 saturated carbocycles. The van der Waals surface area contributed by atoms with Crippen LogP contribution in [0.15, 0.2) is 75.6 Å². The maximum Gasteiger partial charge on any atom is 0.344 e. The number of anilines is 2. The highest BCUT2D eigenvalue weighted by Crippen LogP contribution is 2.33. The van der Waals surface area contributed by atoms with Crippen molar-refractivity contribution in [3.05, 3.63) is 87.2 Å². The minimum atomic E-state index is -0.478. The van der Waals surface area contributed by atoms with Crippen molar-refractivity contribution in [3.8, 4) is 22.8 Å². The number of esters is 1. The Morgan fingerprint density at radius 1 is 1.07 bits per heavy atom. The lowest BCUT2D eigenvalue weighted by Crippen LogP contribution is -2.17. The summed E-state index contributed by atoms with van der Waals surface area (Å²) in [5.74, 6) is -0.0780. The number of carbonyl (C=O) groups excluding carboxylic acids is 2. The monoisotopic (exact) mass is 622 g/mol. The van der Waals surface area contributed by atoms with Crippen molar-refractivity contribution < 1.29 is 23.8 Å². The zero-order chi connectivity index (χ0) is 28.5. The van der Waals surface area contributed by atoms with Gasteiger partial charge in [0.15, 0.2) is 23.2 Å². The second-order valence-electron chi connectivity index (χ2n) is 8.42. The smallest absolute Gasteiger partial charge is 0.344 e. The van der Waals surface area contributed by atoms with Crippen molar-refractivity contribution in [1.29, 1.82) is 0 Å². The van der Waals surface area contributed by atoms with Crippen LogP contribution in [0.1, 0.15) is 28.4 Å². The van der Waals surface area contributed by atoms with Crippen LogP contribution < -0.4 is 20.2 Å². The van der Waals surface area contributed by atoms with Gasteiger partial charge in [-0.15, -0.1) is 11.3 Å². The molecule has 0 aliphatic rings. The lowest BCUT2D eigenvalue weighted by molar-refractivity contribution is -0.145. The van der Waals surface area contributed by atoms with Gasteiger partial charge < -0.3 is 19.5 Å². The first-order chi connectivity index (χ1) is 19.4. The summed E-state index contributed by atoms with van der Waals surface area (Å²) in [6.07, 6.45) is 1.48. The van der Waals surface area contributed by atoms with Gasteiger partial charge in [0, 0.05) is 32.2 Å². The summed E-state index contributed by atoms with van der Waals surface area (Å²) in [6.45, 7) is 3.80. The predicted molar refractivity (Wildman–Crippen MR) is 160 cm³/mol. The minimum Gasteiger partial charge on any atom is -0.493 e. The second kappa shape index (κ2) is 13.7. The molecule has 0 spiro atoms. The van der Waals surface area contributed by atoms with Crippen LogP contribution in [0.2, 0.25) is 0 Å². The molecule has 0 bridgehead atoms. The van der Waals surface area contributed by atoms with Crippen LogP contribution in [0, 0.1) is 6.92 Å². The molecule has 1 aromatic heterocycles. The maximum atomic E-state index is 12.6. The molecule has 9 nitrogen and oxygen atoms in total. The first-order valence-corrected chi connectivity index (χ1v) is 13.9. The van der Waals surface area contributed by atoms with Gasteiger partial charge >= 0.3 is 5.97 Å². The van der Waals surface area contributed by atoms with Crippen molar-refractivity contribution in [2.75, 3.05) is 25.6 Å². The maximum absolute atomic E-state index is 12.6. The fourth-order valence-corrected chi connectivity index (χ4v) is 4.67. The highest BCUT2D eigenvalue weighted by atomic mass is 79.9. The molecule has 1 amide bonds. The van der Waals surface area contributed by atoms with E-state index in [0.29, 0.717) is 27.1 Å². The summed E-state index contributed by atoms with van der Waals surface area (Å²) in [7, 11) is 1.49. The Morgan fingerprint density at radius 2 is 1.82 bits per heavy atom. The average Bonchev–Trinajstić information content (AvgIpc) is 3.42. The van der Waals surface area contributed by atoms with Crippen LogP contribution in [0.5, 0.6) is 11.5 Å². The first-order valence-electron chi connectivity index (χ1n) is 12.2. The van der Waals surface area contributed by atoms with Gasteiger partial charge in [0.25, 0.3) is 5.91 Å². The second-order valence-corrected chi connectivity index (χ2v) is 10.1. The number of nitrogens with zero attached hydrogens (tertiary/aromatic N) is 2. The number of thiazole rings is 1. The van der Waals surface area contributed by atoms with Gasteiger partial charge in [-0.1, -0.05) is 29.8 Å². The summed E-state index contributed by atoms with van der Waals surface area (Å²) < 4.78 is 16.4. The van der Waals surface area contributed by atoms with Crippen LogP contribution in [-0.2, 0) is 9.53 Å². The van der Waals surface area contributed by atoms with Gasteiger partial charge in [0.05, 0.1) is 25.6 Å². The lowest BCUT2D eigenvalue weighted by atomic mass is 10.1. The first kappa shape index (κ1) is 28.8. The van der Waals surface area contributed by atoms with Crippen LogP contribution in [0.25, 0.3) is 11.3 Å². The Balaban J connectivity index is 1.35. The fourth-order valence-electron chi connectivity index (χ4n) is 3.50. The van der Waals surface area contributed by atoms with Gasteiger partial charge in [0.1, 0.15) is 0 Å². The van der Waals surface area contributed by atoms with E-state index in [2.05, 4.69) is 36.8 Å². The van der Waals surface area contributed by atoms with Crippen molar-refractivity contribution in [1.82, 2.24) is 10.4 Å². The molecule has 2 N–H and O–H groups in total. The molecule has 0 fully saturated rings. The summed E-state index contributed by atoms with van der Waals surface area (Å²) >= 11 is 4.96. The number of hydrogen-bond donors (Lipinski definition) is 2. The van der Waals surface area contributed by atoms with E-state index in [1.807, 2.05) is 48.7 Å². The number of ether oxygens (including phenoxy) is 3. The number of aromatic nitrogens is 1. The van der Waals surface area contributed by atoms with E-state index in [4.69, 9.17) is 14.2 Å². The van der Waals surface area contributed by atoms with E-state index < -0.39 is 5.97 Å². The van der Waals surface area contributed by atoms with E-state index in [0.717, 1.165) is 22.1 Å². The number of halogens is 1. The van der Waals surface area contributed by atoms with Crippen molar-refractivity contribution in [3.63, 3.8) is 0 Å². The summed E-state index contributed by atoms with van der Waals surface area (Å²) in [6, 6.07) is 18.6. The quantitative estimate of drug-likeness (QED) is 0.114. The highest BCUT2D eigenvalue weighted by molar-refractivity contribution is 9.10. The minimum absolute atomic E-state index is 0.243. The number of nitrogens with one attached hydrogen (secondary N) is 2. The average molecular weight is 624 g/mol. The molecule has 11 heteroatoms. The highest BCUT2D eigenvalue weighted by Gasteiger charge is 2.13. The molecule has 0 unspecified atom stereocenters. The van der Waals surface area contributed by atoms with Crippen molar-refractivity contribution in [2.45, 2.75) is 13.8 Å². The summed E-state index contributed by atoms with van der Waals surface area (Å²) in [5.41, 5.74) is 7.50. The summed E-state index contributed by atoms with van der Waals surface area (Å²) in [4.78, 5) is 28.9. The standard InChI is InChI=1S/C29H27BrN4O5S/c1-4-38-27(35)16-39-26-14-23(30)21(13-25(26)37-3)15-31-34-28(36)20-9-7-19(8-10-20)24-17-40-29(33-24)32-22-11-5-18(2)6-12-22/h5-15,17H,4,16H2,1-3H3,(H,32,33)(H,34,36)/b31-15-. The SMILES string of the molecule is CCOC(=O)COc1cc(Br)c(/C=N\NC(=O)c2ccc(-c3csc(Nc4ccc(C)cc4)n3)cc2)cc1OC. The third-order valence-electron chi connectivity index (χ3n) is 5.55. The third-order valence-corrected chi connectivity index (χ3v) is 7.00. The number of rotatable bonds is 11. The molecular formula is C29H27BrN4O5S. The van der Waals surface area contributed by atoms with E-state index in [1.165, 1.54) is 30.2 Å². The van der Waals surface area contributed by atoms with Crippen LogP contribution in [0.4, 0.5) is 10.8 Å². The number of aryl methyl sites for hydroxylation is 1. The number of hydrogen-bond acceptors (Lipinski definition) is 9. The molecule has 0 aliphatic carbocycles. The number of carbonyl (C=O) groups is 2. The van der Waals surface area contributed by atoms with Crippen molar-refractivity contribution in [2.24, 2.45) is 5.10 Å². The third kappa shape index (κ3) is 7.67. The fraction of sp³-hybridized carbons (Fsp3) is 0.172. The molecule has 0 saturated heterocycles. The molecule has 0 radical (unpaired) electrons. The molecule has 40 heavy (non-hydrogen) atoms. The number of hydrazone groups is 1. The van der Waals surface area contributed by atoms with E-state index in [1.54, 1.807) is 31.2 Å². The number of benzene rings is 3. The summed E-state index contributed by atoms with van der Waals surface area (Å²) in [5, 5.41) is 10.1. The largest absolute Gasteiger partial charge is 0.493 e. The molecule has 4 rings (SSSR count). The zero-order valence-electron chi connectivity index (χ0n) is 22.1. The number of amides is 1. The zero-order valence-corrected chi connectivity index (χ0v) is 24.5. The van der Waals surface area contributed by atoms with Gasteiger partial charge in [-0.3, -0.25) is 4.79 Å². The van der Waals surface area contributed by atoms with Crippen LogP contribution in [-0.4, -0.2) is 43.4 Å². The van der Waals surface area contributed by atoms with E-state index in [9.17, 15) is 9.59 Å². The molecule has 1 heterocycles. The Morgan fingerprint density at radius 3 is 2.52 bits per heavy atom. The molecule has 3 aromatic carbocycles. The Labute approximate surface area is 244 Å². The topological polar surface area (TPSA) is 111 Å². The Kier molecular flexibility index (Phi) is 9.87. The number of methoxy groups -OCH3 is 1. The van der Waals surface area contributed by atoms with Crippen LogP contribution in [0.3, 0.4) is 0 Å². The van der Waals surface area contributed by atoms with Gasteiger partial charge in [-0.05, 0) is 66.2 Å². The predicted octanol–water partition coefficient (Wildman–Crippen LogP) is 6.34. The molecule has 206 valence electrons. The van der Waals surface area contributed by atoms with E-state index >= 15 is 0 Å². The Bertz CT molecular complexity index is 1500. The molecule has 0 aliphatic heterocycles. The van der Waals surface area contributed by atoms with E-state index in [-0.39, 0.29) is 19.1 Å². The lowest BCUT2D eigenvalue weighted by Gasteiger charge is -2.12. The molecule has 4 aromatic rings. The van der Waals surface area contributed by atoms with Gasteiger partial charge in [0.2, 0.25) is 0 Å². The Hall–Kier alpha value is -4.22. The normalized spacial score (nSPS) is 10.8. The van der Waals surface area contributed by atoms with Gasteiger partial charge in [-0.25, -0.2) is 15.2 Å². The molecule has 0 atom stereocenters. The molecular weight excluding hydrogens is 596 g/mol. The van der Waals surface area contributed by atoms with Crippen LogP contribution >= 0.6 is 27.3 Å². The van der Waals surface area contributed by atoms with Crippen molar-refractivity contribution >= 4 is 56.2 Å².